The lowest BCUT2D eigenvalue weighted by Crippen LogP contribution is -2.54. The minimum Gasteiger partial charge on any atom is -0.504 e. The van der Waals surface area contributed by atoms with Crippen LogP contribution in [0.4, 0.5) is 0 Å². The predicted octanol–water partition coefficient (Wildman–Crippen LogP) is 0.583. The van der Waals surface area contributed by atoms with Crippen molar-refractivity contribution in [1.29, 1.82) is 0 Å². The van der Waals surface area contributed by atoms with Crippen LogP contribution in [0.15, 0.2) is 18.2 Å². The summed E-state index contributed by atoms with van der Waals surface area (Å²) in [6.07, 6.45) is 0.0900. The molecule has 0 spiro atoms. The first-order valence-corrected chi connectivity index (χ1v) is 4.61. The second-order valence-electron chi connectivity index (χ2n) is 3.78. The molecule has 0 aliphatic rings. The highest BCUT2D eigenvalue weighted by Crippen LogP contribution is 2.26. The molecule has 1 rings (SSSR count). The van der Waals surface area contributed by atoms with Gasteiger partial charge in [0.2, 0.25) is 0 Å². The fourth-order valence-corrected chi connectivity index (χ4v) is 1.28. The number of rotatable bonds is 4. The third kappa shape index (κ3) is 3.33. The van der Waals surface area contributed by atoms with Crippen molar-refractivity contribution >= 4 is 5.97 Å². The fourth-order valence-electron chi connectivity index (χ4n) is 1.28. The number of benzene rings is 1. The van der Waals surface area contributed by atoms with Crippen molar-refractivity contribution in [3.8, 4) is 11.5 Å². The van der Waals surface area contributed by atoms with Crippen LogP contribution < -0.4 is 11.3 Å². The Labute approximate surface area is 99.7 Å². The number of phenolic OH excluding ortho intramolecular Hbond substituents is 2. The van der Waals surface area contributed by atoms with Crippen LogP contribution in [0.25, 0.3) is 0 Å². The average molecular weight is 242 g/mol. The molecule has 0 saturated carbocycles. The van der Waals surface area contributed by atoms with Crippen LogP contribution in [-0.4, -0.2) is 26.8 Å². The average Bonchev–Trinajstić information content (AvgIpc) is 2.23. The van der Waals surface area contributed by atoms with E-state index in [4.69, 9.17) is 16.1 Å². The van der Waals surface area contributed by atoms with Crippen molar-refractivity contribution < 1.29 is 20.1 Å². The Morgan fingerprint density at radius 3 is 2.41 bits per heavy atom. The molecule has 6 N–H and O–H groups in total. The van der Waals surface area contributed by atoms with Gasteiger partial charge in [0.25, 0.3) is 0 Å². The highest BCUT2D eigenvalue weighted by Gasteiger charge is 2.32. The summed E-state index contributed by atoms with van der Waals surface area (Å²) in [5.41, 5.74) is 1.45. The molecule has 1 aromatic carbocycles. The highest BCUT2D eigenvalue weighted by molar-refractivity contribution is 5.78. The quantitative estimate of drug-likeness (QED) is 0.300. The number of carboxylic acids is 1. The first kappa shape index (κ1) is 15.2. The topological polar surface area (TPSA) is 116 Å². The normalized spacial score (nSPS) is 13.5. The molecule has 0 aliphatic carbocycles. The van der Waals surface area contributed by atoms with Crippen LogP contribution in [0.3, 0.4) is 0 Å². The molecule has 0 fully saturated rings. The molecule has 0 aliphatic heterocycles. The minimum absolute atomic E-state index is 0. The van der Waals surface area contributed by atoms with Crippen LogP contribution in [-0.2, 0) is 11.2 Å². The maximum atomic E-state index is 11.0. The van der Waals surface area contributed by atoms with Crippen LogP contribution >= 0.6 is 0 Å². The number of hydrazine groups is 1. The maximum absolute atomic E-state index is 11.0. The third-order valence-corrected chi connectivity index (χ3v) is 2.39. The van der Waals surface area contributed by atoms with Crippen LogP contribution in [0.2, 0.25) is 0 Å². The molecular weight excluding hydrogens is 224 g/mol. The Morgan fingerprint density at radius 1 is 1.41 bits per heavy atom. The van der Waals surface area contributed by atoms with E-state index < -0.39 is 11.5 Å². The zero-order valence-corrected chi connectivity index (χ0v) is 8.77. The van der Waals surface area contributed by atoms with Gasteiger partial charge in [0.15, 0.2) is 11.5 Å². The summed E-state index contributed by atoms with van der Waals surface area (Å²) in [4.78, 5) is 11.0. The van der Waals surface area contributed by atoms with Gasteiger partial charge in [-0.05, 0) is 24.6 Å². The van der Waals surface area contributed by atoms with Gasteiger partial charge in [-0.3, -0.25) is 10.6 Å². The minimum atomic E-state index is -1.32. The summed E-state index contributed by atoms with van der Waals surface area (Å²) >= 11 is 0. The van der Waals surface area contributed by atoms with Gasteiger partial charge in [0.05, 0.1) is 0 Å². The Hall–Kier alpha value is -1.79. The lowest BCUT2D eigenvalue weighted by atomic mass is 9.93. The van der Waals surface area contributed by atoms with Crippen molar-refractivity contribution in [3.63, 3.8) is 0 Å². The molecule has 0 heterocycles. The third-order valence-electron chi connectivity index (χ3n) is 2.39. The second-order valence-corrected chi connectivity index (χ2v) is 3.78. The smallest absolute Gasteiger partial charge is 0.325 e. The van der Waals surface area contributed by atoms with Crippen LogP contribution in [0, 0.1) is 0 Å². The number of nitrogens with one attached hydrogen (secondary N) is 1. The largest absolute Gasteiger partial charge is 0.504 e. The van der Waals surface area contributed by atoms with E-state index in [0.29, 0.717) is 5.56 Å². The Balaban J connectivity index is 0.00000256. The monoisotopic (exact) mass is 242 g/mol. The van der Waals surface area contributed by atoms with Gasteiger partial charge >= 0.3 is 5.97 Å². The SMILES string of the molecule is C.C[C@@](Cc1ccc(O)c(O)c1)(NN)C(=O)O. The molecule has 0 unspecified atom stereocenters. The van der Waals surface area contributed by atoms with E-state index in [1.807, 2.05) is 0 Å². The summed E-state index contributed by atoms with van der Waals surface area (Å²) < 4.78 is 0. The lowest BCUT2D eigenvalue weighted by molar-refractivity contribution is -0.144. The molecular formula is C11H18N2O4. The van der Waals surface area contributed by atoms with E-state index in [1.54, 1.807) is 0 Å². The summed E-state index contributed by atoms with van der Waals surface area (Å²) in [5.74, 6) is 3.55. The zero-order valence-electron chi connectivity index (χ0n) is 8.77. The van der Waals surface area contributed by atoms with Gasteiger partial charge in [0.1, 0.15) is 5.54 Å². The molecule has 6 heteroatoms. The van der Waals surface area contributed by atoms with E-state index in [2.05, 4.69) is 5.43 Å². The standard InChI is InChI=1S/C10H14N2O4.CH4/c1-10(12-11,9(15)16)5-6-2-3-7(13)8(14)4-6;/h2-4,12-14H,5,11H2,1H3,(H,15,16);1H4/t10-;/m0./s1. The summed E-state index contributed by atoms with van der Waals surface area (Å²) in [6.45, 7) is 1.43. The molecule has 0 aromatic heterocycles. The van der Waals surface area contributed by atoms with Gasteiger partial charge in [-0.25, -0.2) is 5.43 Å². The van der Waals surface area contributed by atoms with Crippen molar-refractivity contribution in [2.24, 2.45) is 5.84 Å². The number of hydrogen-bond donors (Lipinski definition) is 5. The molecule has 0 bridgehead atoms. The number of aromatic hydroxyl groups is 2. The molecule has 0 radical (unpaired) electrons. The highest BCUT2D eigenvalue weighted by atomic mass is 16.4. The van der Waals surface area contributed by atoms with E-state index >= 15 is 0 Å². The van der Waals surface area contributed by atoms with Crippen molar-refractivity contribution in [2.75, 3.05) is 0 Å². The van der Waals surface area contributed by atoms with Gasteiger partial charge in [-0.15, -0.1) is 0 Å². The van der Waals surface area contributed by atoms with E-state index in [0.717, 1.165) is 0 Å². The molecule has 96 valence electrons. The molecule has 0 saturated heterocycles. The number of aliphatic carboxylic acids is 1. The first-order chi connectivity index (χ1) is 7.39. The van der Waals surface area contributed by atoms with Gasteiger partial charge in [0, 0.05) is 6.42 Å². The Morgan fingerprint density at radius 2 is 2.00 bits per heavy atom. The maximum Gasteiger partial charge on any atom is 0.325 e. The molecule has 0 amide bonds. The number of nitrogens with two attached hydrogens (primary N) is 1. The first-order valence-electron chi connectivity index (χ1n) is 4.61. The Kier molecular flexibility index (Phi) is 4.93. The lowest BCUT2D eigenvalue weighted by Gasteiger charge is -2.23. The molecule has 6 nitrogen and oxygen atoms in total. The van der Waals surface area contributed by atoms with E-state index in [9.17, 15) is 9.90 Å². The predicted molar refractivity (Wildman–Crippen MR) is 63.6 cm³/mol. The van der Waals surface area contributed by atoms with Crippen molar-refractivity contribution in [1.82, 2.24) is 5.43 Å². The fraction of sp³-hybridized carbons (Fsp3) is 0.364. The summed E-state index contributed by atoms with van der Waals surface area (Å²) in [6, 6.07) is 4.12. The van der Waals surface area contributed by atoms with Crippen molar-refractivity contribution in [3.05, 3.63) is 23.8 Å². The van der Waals surface area contributed by atoms with Gasteiger partial charge in [-0.2, -0.15) is 0 Å². The van der Waals surface area contributed by atoms with Crippen LogP contribution in [0.1, 0.15) is 19.9 Å². The molecule has 1 aromatic rings. The van der Waals surface area contributed by atoms with Gasteiger partial charge in [-0.1, -0.05) is 13.5 Å². The zero-order chi connectivity index (χ0) is 12.3. The second kappa shape index (κ2) is 5.51. The van der Waals surface area contributed by atoms with Crippen molar-refractivity contribution in [2.45, 2.75) is 26.3 Å². The van der Waals surface area contributed by atoms with Gasteiger partial charge < -0.3 is 15.3 Å². The Bertz CT molecular complexity index is 408. The number of carbonyl (C=O) groups is 1. The van der Waals surface area contributed by atoms with Crippen LogP contribution in [0.5, 0.6) is 11.5 Å². The number of hydrogen-bond acceptors (Lipinski definition) is 5. The molecule has 17 heavy (non-hydrogen) atoms. The number of carboxylic acid groups (broad SMARTS) is 1. The van der Waals surface area contributed by atoms with E-state index in [-0.39, 0.29) is 25.3 Å². The van der Waals surface area contributed by atoms with E-state index in [1.165, 1.54) is 25.1 Å². The summed E-state index contributed by atoms with van der Waals surface area (Å²) in [5, 5.41) is 27.3. The molecule has 1 atom stereocenters. The summed E-state index contributed by atoms with van der Waals surface area (Å²) in [7, 11) is 0. The number of phenols is 2.